The first-order valence-corrected chi connectivity index (χ1v) is 10.7. The molecule has 1 saturated heterocycles. The Balaban J connectivity index is 2.10. The number of carbonyl (C=O) groups is 4. The molecule has 2 rings (SSSR count). The van der Waals surface area contributed by atoms with Crippen LogP contribution in [-0.4, -0.2) is 67.2 Å². The number of methoxy groups -OCH3 is 1. The number of piperidine rings is 1. The summed E-state index contributed by atoms with van der Waals surface area (Å²) in [5.41, 5.74) is -0.322. The molecule has 1 aliphatic heterocycles. The second kappa shape index (κ2) is 11.6. The van der Waals surface area contributed by atoms with E-state index < -0.39 is 35.5 Å². The maximum Gasteiger partial charge on any atom is 0.728 e. The second-order valence-electron chi connectivity index (χ2n) is 8.43. The average molecular weight is 480 g/mol. The quantitative estimate of drug-likeness (QED) is 0.640. The zero-order valence-electron chi connectivity index (χ0n) is 19.0. The summed E-state index contributed by atoms with van der Waals surface area (Å²) in [6.45, 7) is 5.47. The third-order valence-corrected chi connectivity index (χ3v) is 4.83. The van der Waals surface area contributed by atoms with E-state index in [4.69, 9.17) is 21.1 Å². The van der Waals surface area contributed by atoms with E-state index in [0.717, 1.165) is 0 Å². The first-order chi connectivity index (χ1) is 15.5. The number of amides is 4. The lowest BCUT2D eigenvalue weighted by Crippen LogP contribution is -2.54. The van der Waals surface area contributed by atoms with Gasteiger partial charge in [-0.2, -0.15) is 4.79 Å². The van der Waals surface area contributed by atoms with E-state index in [2.05, 4.69) is 21.5 Å². The summed E-state index contributed by atoms with van der Waals surface area (Å²) >= 11 is 5.82. The molecule has 0 aromatic heterocycles. The van der Waals surface area contributed by atoms with Crippen molar-refractivity contribution in [2.24, 2.45) is 5.92 Å². The standard InChI is InChI=1S/C22H27ClN4O6/c1-22(2,3)33-21(31)24-11-14-12-27(18(28)13-32-4)10-9-17(14)26-20(30)19(29)25-16-7-5-15(23)6-8-16/h5-8,14,17H,9-10,12-13H2,1-4H3,(H-,25,26,29,30)/p+1/t14?,17-/m0/s1. The first-order valence-electron chi connectivity index (χ1n) is 10.3. The number of hydrogen-bond donors (Lipinski definition) is 2. The van der Waals surface area contributed by atoms with E-state index in [1.165, 1.54) is 12.0 Å². The average Bonchev–Trinajstić information content (AvgIpc) is 2.73. The molecule has 1 unspecified atom stereocenters. The summed E-state index contributed by atoms with van der Waals surface area (Å²) in [6, 6.07) is 8.40. The van der Waals surface area contributed by atoms with Gasteiger partial charge in [0, 0.05) is 30.9 Å². The van der Waals surface area contributed by atoms with Gasteiger partial charge in [0.1, 0.15) is 18.1 Å². The number of hydrogen-bond acceptors (Lipinski definition) is 6. The Morgan fingerprint density at radius 1 is 1.18 bits per heavy atom. The molecule has 1 aliphatic rings. The van der Waals surface area contributed by atoms with Crippen LogP contribution >= 0.6 is 11.6 Å². The molecule has 0 bridgehead atoms. The largest absolute Gasteiger partial charge is 0.728 e. The minimum Gasteiger partial charge on any atom is -0.392 e. The summed E-state index contributed by atoms with van der Waals surface area (Å²) in [4.78, 5) is 54.2. The number of anilines is 1. The van der Waals surface area contributed by atoms with Crippen LogP contribution in [0.15, 0.2) is 24.3 Å². The van der Waals surface area contributed by atoms with Crippen molar-refractivity contribution in [2.45, 2.75) is 38.8 Å². The molecule has 1 aromatic rings. The molecular formula is C22H28ClN4O6+. The van der Waals surface area contributed by atoms with Crippen molar-refractivity contribution in [3.05, 3.63) is 34.1 Å². The zero-order valence-corrected chi connectivity index (χ0v) is 19.8. The van der Waals surface area contributed by atoms with Gasteiger partial charge in [-0.1, -0.05) is 11.6 Å². The molecule has 0 radical (unpaired) electrons. The van der Waals surface area contributed by atoms with Gasteiger partial charge in [0.2, 0.25) is 5.91 Å². The predicted molar refractivity (Wildman–Crippen MR) is 122 cm³/mol. The van der Waals surface area contributed by atoms with Crippen LogP contribution < -0.4 is 10.6 Å². The molecule has 178 valence electrons. The van der Waals surface area contributed by atoms with Crippen LogP contribution in [0.5, 0.6) is 0 Å². The van der Waals surface area contributed by atoms with Crippen molar-refractivity contribution in [1.82, 2.24) is 10.2 Å². The number of halogens is 1. The molecule has 10 nitrogen and oxygen atoms in total. The molecule has 0 aliphatic carbocycles. The van der Waals surface area contributed by atoms with Crippen molar-refractivity contribution in [2.75, 3.05) is 32.1 Å². The Bertz CT molecular complexity index is 948. The number of nitrogens with zero attached hydrogens (tertiary/aromatic N) is 2. The second-order valence-corrected chi connectivity index (χ2v) is 8.87. The fraction of sp³-hybridized carbons (Fsp3) is 0.500. The van der Waals surface area contributed by atoms with Crippen LogP contribution in [0.25, 0.3) is 4.85 Å². The molecule has 2 atom stereocenters. The smallest absolute Gasteiger partial charge is 0.392 e. The van der Waals surface area contributed by atoms with Gasteiger partial charge in [-0.05, 0) is 51.5 Å². The molecule has 1 heterocycles. The Hall–Kier alpha value is -3.16. The minimum absolute atomic E-state index is 0.101. The minimum atomic E-state index is -0.865. The van der Waals surface area contributed by atoms with Crippen LogP contribution in [0.3, 0.4) is 0 Å². The number of nitrogens with one attached hydrogen (secondary N) is 2. The fourth-order valence-electron chi connectivity index (χ4n) is 3.07. The lowest BCUT2D eigenvalue weighted by Gasteiger charge is -2.34. The summed E-state index contributed by atoms with van der Waals surface area (Å²) in [5.74, 6) is -2.61. The summed E-state index contributed by atoms with van der Waals surface area (Å²) < 4.78 is 10.0. The van der Waals surface area contributed by atoms with E-state index in [1.54, 1.807) is 45.0 Å². The zero-order chi connectivity index (χ0) is 24.6. The topological polar surface area (TPSA) is 118 Å². The van der Waals surface area contributed by atoms with Crippen molar-refractivity contribution in [3.63, 3.8) is 0 Å². The molecule has 1 fully saturated rings. The number of ether oxygens (including phenoxy) is 2. The Kier molecular flexibility index (Phi) is 9.20. The lowest BCUT2D eigenvalue weighted by atomic mass is 9.93. The Morgan fingerprint density at radius 3 is 2.45 bits per heavy atom. The van der Waals surface area contributed by atoms with E-state index in [1.807, 2.05) is 0 Å². The molecule has 11 heteroatoms. The van der Waals surface area contributed by atoms with Crippen LogP contribution in [0.4, 0.5) is 10.5 Å². The first kappa shape index (κ1) is 26.1. The van der Waals surface area contributed by atoms with Gasteiger partial charge < -0.3 is 25.0 Å². The highest BCUT2D eigenvalue weighted by atomic mass is 35.5. The third kappa shape index (κ3) is 8.71. The van der Waals surface area contributed by atoms with E-state index >= 15 is 0 Å². The summed E-state index contributed by atoms with van der Waals surface area (Å²) in [6.07, 6.45) is -0.509. The molecule has 0 spiro atoms. The van der Waals surface area contributed by atoms with Gasteiger partial charge >= 0.3 is 17.9 Å². The summed E-state index contributed by atoms with van der Waals surface area (Å²) in [7, 11) is 1.41. The van der Waals surface area contributed by atoms with E-state index in [9.17, 15) is 19.2 Å². The van der Waals surface area contributed by atoms with Gasteiger partial charge in [-0.3, -0.25) is 14.4 Å². The number of carbonyl (C=O) groups excluding carboxylic acids is 4. The fourth-order valence-corrected chi connectivity index (χ4v) is 3.20. The molecular weight excluding hydrogens is 452 g/mol. The van der Waals surface area contributed by atoms with Crippen molar-refractivity contribution >= 4 is 41.1 Å². The highest BCUT2D eigenvalue weighted by Gasteiger charge is 2.37. The van der Waals surface area contributed by atoms with Crippen LogP contribution in [0.2, 0.25) is 5.02 Å². The molecule has 0 saturated carbocycles. The lowest BCUT2D eigenvalue weighted by molar-refractivity contribution is -0.138. The third-order valence-electron chi connectivity index (χ3n) is 4.57. The van der Waals surface area contributed by atoms with Gasteiger partial charge in [0.25, 0.3) is 6.07 Å². The van der Waals surface area contributed by atoms with Crippen LogP contribution in [-0.2, 0) is 23.9 Å². The number of likely N-dealkylation sites (tertiary alicyclic amines) is 1. The Morgan fingerprint density at radius 2 is 1.85 bits per heavy atom. The number of benzene rings is 1. The highest BCUT2D eigenvalue weighted by molar-refractivity contribution is 6.39. The van der Waals surface area contributed by atoms with Gasteiger partial charge in [-0.25, -0.2) is 0 Å². The van der Waals surface area contributed by atoms with E-state index in [-0.39, 0.29) is 19.1 Å². The van der Waals surface area contributed by atoms with Gasteiger partial charge in [-0.15, -0.1) is 0 Å². The van der Waals surface area contributed by atoms with Crippen molar-refractivity contribution in [3.8, 4) is 6.07 Å². The summed E-state index contributed by atoms with van der Waals surface area (Å²) in [5, 5.41) is 5.62. The Labute approximate surface area is 197 Å². The monoisotopic (exact) mass is 479 g/mol. The van der Waals surface area contributed by atoms with Crippen LogP contribution in [0.1, 0.15) is 27.2 Å². The van der Waals surface area contributed by atoms with Gasteiger partial charge in [0.05, 0.1) is 10.9 Å². The van der Waals surface area contributed by atoms with Crippen LogP contribution in [0, 0.1) is 12.0 Å². The molecule has 2 N–H and O–H groups in total. The maximum atomic E-state index is 12.5. The van der Waals surface area contributed by atoms with Gasteiger partial charge in [0.15, 0.2) is 0 Å². The number of rotatable bonds is 4. The highest BCUT2D eigenvalue weighted by Crippen LogP contribution is 2.19. The van der Waals surface area contributed by atoms with Crippen molar-refractivity contribution < 1.29 is 28.7 Å². The SMILES string of the molecule is COCC(=O)N1CC[C@H](NC(=O)C(=O)Nc2ccc(Cl)cc2)C(C#[N+]C(=O)OC(C)(C)C)C1. The van der Waals surface area contributed by atoms with Crippen molar-refractivity contribution in [1.29, 1.82) is 0 Å². The molecule has 4 amide bonds. The maximum absolute atomic E-state index is 12.5. The molecule has 33 heavy (non-hydrogen) atoms. The molecule has 1 aromatic carbocycles. The predicted octanol–water partition coefficient (Wildman–Crippen LogP) is 2.53. The normalized spacial score (nSPS) is 17.9. The van der Waals surface area contributed by atoms with E-state index in [0.29, 0.717) is 23.7 Å².